The molecule has 0 spiro atoms. The number of aryl methyl sites for hydroxylation is 1. The van der Waals surface area contributed by atoms with Crippen molar-refractivity contribution < 1.29 is 22.8 Å². The summed E-state index contributed by atoms with van der Waals surface area (Å²) in [6.45, 7) is 3.71. The van der Waals surface area contributed by atoms with E-state index in [1.54, 1.807) is 12.1 Å². The normalized spacial score (nSPS) is 11.1. The van der Waals surface area contributed by atoms with E-state index in [1.165, 1.54) is 0 Å². The minimum Gasteiger partial charge on any atom is -0.307 e. The molecule has 0 atom stereocenters. The van der Waals surface area contributed by atoms with Crippen molar-refractivity contribution >= 4 is 29.4 Å². The number of hydrogen-bond donors (Lipinski definition) is 2. The van der Waals surface area contributed by atoms with Gasteiger partial charge >= 0.3 is 12.2 Å². The van der Waals surface area contributed by atoms with Gasteiger partial charge in [0.25, 0.3) is 0 Å². The lowest BCUT2D eigenvalue weighted by Crippen LogP contribution is -2.35. The molecule has 0 aliphatic heterocycles. The molecule has 1 aromatic carbocycles. The van der Waals surface area contributed by atoms with Crippen LogP contribution < -0.4 is 10.6 Å². The summed E-state index contributed by atoms with van der Waals surface area (Å²) >= 11 is 0.698. The predicted molar refractivity (Wildman–Crippen MR) is 90.8 cm³/mol. The number of alkyl halides is 3. The second kappa shape index (κ2) is 8.17. The van der Waals surface area contributed by atoms with Crippen molar-refractivity contribution in [3.05, 3.63) is 47.3 Å². The summed E-state index contributed by atoms with van der Waals surface area (Å²) in [5, 5.41) is 4.45. The predicted octanol–water partition coefficient (Wildman–Crippen LogP) is 3.55. The number of hydrogen-bond acceptors (Lipinski definition) is 5. The summed E-state index contributed by atoms with van der Waals surface area (Å²) in [4.78, 5) is 30.6. The summed E-state index contributed by atoms with van der Waals surface area (Å²) in [5.74, 6) is -0.986. The van der Waals surface area contributed by atoms with E-state index in [2.05, 4.69) is 20.6 Å². The molecule has 2 rings (SSSR count). The van der Waals surface area contributed by atoms with Crippen molar-refractivity contribution in [2.24, 2.45) is 0 Å². The van der Waals surface area contributed by atoms with Crippen molar-refractivity contribution in [3.63, 3.8) is 0 Å². The number of carbonyl (C=O) groups excluding carboxylic acids is 2. The molecule has 10 heteroatoms. The highest BCUT2D eigenvalue weighted by molar-refractivity contribution is 7.99. The number of urea groups is 1. The fourth-order valence-corrected chi connectivity index (χ4v) is 2.53. The first-order chi connectivity index (χ1) is 12.2. The number of aromatic nitrogens is 2. The van der Waals surface area contributed by atoms with Crippen LogP contribution in [-0.4, -0.2) is 27.7 Å². The molecule has 3 amide bonds. The van der Waals surface area contributed by atoms with Gasteiger partial charge in [0.05, 0.1) is 5.75 Å². The van der Waals surface area contributed by atoms with Crippen LogP contribution in [0.15, 0.2) is 35.6 Å². The molecule has 0 aliphatic rings. The van der Waals surface area contributed by atoms with Gasteiger partial charge in [0.1, 0.15) is 5.69 Å². The number of anilines is 1. The van der Waals surface area contributed by atoms with E-state index in [1.807, 2.05) is 19.9 Å². The lowest BCUT2D eigenvalue weighted by Gasteiger charge is -2.10. The van der Waals surface area contributed by atoms with Crippen LogP contribution in [0.5, 0.6) is 0 Å². The Bertz CT molecular complexity index is 827. The average molecular weight is 384 g/mol. The SMILES string of the molecule is Cc1cccc(NC(=O)NC(=O)CSc2nccc(C(F)(F)F)n2)c1C. The zero-order chi connectivity index (χ0) is 19.3. The monoisotopic (exact) mass is 384 g/mol. The van der Waals surface area contributed by atoms with Crippen LogP contribution in [0.3, 0.4) is 0 Å². The first kappa shape index (κ1) is 19.7. The Hall–Kier alpha value is -2.62. The maximum Gasteiger partial charge on any atom is 0.433 e. The van der Waals surface area contributed by atoms with Gasteiger partial charge in [-0.05, 0) is 37.1 Å². The van der Waals surface area contributed by atoms with Gasteiger partial charge in [-0.2, -0.15) is 13.2 Å². The van der Waals surface area contributed by atoms with Crippen LogP contribution in [0.1, 0.15) is 16.8 Å². The molecule has 0 bridgehead atoms. The largest absolute Gasteiger partial charge is 0.433 e. The molecule has 0 unspecified atom stereocenters. The first-order valence-electron chi connectivity index (χ1n) is 7.37. The van der Waals surface area contributed by atoms with Gasteiger partial charge in [0.2, 0.25) is 5.91 Å². The molecule has 138 valence electrons. The van der Waals surface area contributed by atoms with E-state index < -0.39 is 23.8 Å². The molecule has 2 aromatic rings. The van der Waals surface area contributed by atoms with Crippen molar-refractivity contribution in [1.82, 2.24) is 15.3 Å². The van der Waals surface area contributed by atoms with Gasteiger partial charge in [-0.1, -0.05) is 23.9 Å². The number of benzene rings is 1. The molecular formula is C16H15F3N4O2S. The molecule has 0 radical (unpaired) electrons. The lowest BCUT2D eigenvalue weighted by molar-refractivity contribution is -0.141. The number of carbonyl (C=O) groups is 2. The minimum atomic E-state index is -4.59. The average Bonchev–Trinajstić information content (AvgIpc) is 2.56. The fourth-order valence-electron chi connectivity index (χ4n) is 1.90. The third-order valence-electron chi connectivity index (χ3n) is 3.36. The van der Waals surface area contributed by atoms with E-state index in [0.717, 1.165) is 23.4 Å². The number of nitrogens with one attached hydrogen (secondary N) is 2. The zero-order valence-electron chi connectivity index (χ0n) is 13.8. The molecular weight excluding hydrogens is 369 g/mol. The number of thioether (sulfide) groups is 1. The highest BCUT2D eigenvalue weighted by Gasteiger charge is 2.32. The van der Waals surface area contributed by atoms with Crippen LogP contribution >= 0.6 is 11.8 Å². The number of imide groups is 1. The van der Waals surface area contributed by atoms with Crippen LogP contribution in [0.25, 0.3) is 0 Å². The quantitative estimate of drug-likeness (QED) is 0.622. The van der Waals surface area contributed by atoms with Crippen molar-refractivity contribution in [2.45, 2.75) is 25.2 Å². The van der Waals surface area contributed by atoms with E-state index in [9.17, 15) is 22.8 Å². The molecule has 1 heterocycles. The Morgan fingerprint density at radius 3 is 2.62 bits per heavy atom. The van der Waals surface area contributed by atoms with Crippen molar-refractivity contribution in [2.75, 3.05) is 11.1 Å². The van der Waals surface area contributed by atoms with E-state index in [4.69, 9.17) is 0 Å². The Balaban J connectivity index is 1.89. The number of amides is 3. The van der Waals surface area contributed by atoms with Crippen LogP contribution in [0.4, 0.5) is 23.7 Å². The Labute approximate surface area is 151 Å². The summed E-state index contributed by atoms with van der Waals surface area (Å²) in [5.41, 5.74) is 1.31. The zero-order valence-corrected chi connectivity index (χ0v) is 14.7. The van der Waals surface area contributed by atoms with Crippen LogP contribution in [-0.2, 0) is 11.0 Å². The van der Waals surface area contributed by atoms with Crippen molar-refractivity contribution in [1.29, 1.82) is 0 Å². The topological polar surface area (TPSA) is 84.0 Å². The molecule has 0 aliphatic carbocycles. The van der Waals surface area contributed by atoms with E-state index >= 15 is 0 Å². The summed E-state index contributed by atoms with van der Waals surface area (Å²) in [7, 11) is 0. The van der Waals surface area contributed by atoms with Gasteiger partial charge in [-0.3, -0.25) is 10.1 Å². The number of rotatable bonds is 4. The van der Waals surface area contributed by atoms with E-state index in [-0.39, 0.29) is 10.9 Å². The van der Waals surface area contributed by atoms with Crippen LogP contribution in [0, 0.1) is 13.8 Å². The highest BCUT2D eigenvalue weighted by atomic mass is 32.2. The molecule has 0 saturated carbocycles. The third-order valence-corrected chi connectivity index (χ3v) is 4.22. The Morgan fingerprint density at radius 2 is 1.92 bits per heavy atom. The second-order valence-corrected chi connectivity index (χ2v) is 6.20. The van der Waals surface area contributed by atoms with Gasteiger partial charge < -0.3 is 5.32 Å². The summed E-state index contributed by atoms with van der Waals surface area (Å²) < 4.78 is 37.7. The molecule has 2 N–H and O–H groups in total. The first-order valence-corrected chi connectivity index (χ1v) is 8.35. The molecule has 6 nitrogen and oxygen atoms in total. The maximum absolute atomic E-state index is 12.6. The van der Waals surface area contributed by atoms with Gasteiger partial charge in [-0.15, -0.1) is 0 Å². The van der Waals surface area contributed by atoms with Gasteiger partial charge in [0.15, 0.2) is 5.16 Å². The molecule has 1 aromatic heterocycles. The minimum absolute atomic E-state index is 0.204. The van der Waals surface area contributed by atoms with E-state index in [0.29, 0.717) is 17.4 Å². The highest BCUT2D eigenvalue weighted by Crippen LogP contribution is 2.28. The van der Waals surface area contributed by atoms with Gasteiger partial charge in [0, 0.05) is 11.9 Å². The standard InChI is InChI=1S/C16H15F3N4O2S/c1-9-4-3-5-11(10(9)2)21-14(25)23-13(24)8-26-15-20-7-6-12(22-15)16(17,18)19/h3-7H,8H2,1-2H3,(H2,21,23,24,25). The maximum atomic E-state index is 12.6. The lowest BCUT2D eigenvalue weighted by atomic mass is 10.1. The number of nitrogens with zero attached hydrogens (tertiary/aromatic N) is 2. The smallest absolute Gasteiger partial charge is 0.307 e. The molecule has 26 heavy (non-hydrogen) atoms. The Morgan fingerprint density at radius 1 is 1.19 bits per heavy atom. The second-order valence-electron chi connectivity index (χ2n) is 5.26. The van der Waals surface area contributed by atoms with Crippen molar-refractivity contribution in [3.8, 4) is 0 Å². The molecule has 0 fully saturated rings. The third kappa shape index (κ3) is 5.45. The molecule has 0 saturated heterocycles. The summed E-state index contributed by atoms with van der Waals surface area (Å²) in [6.07, 6.45) is -3.63. The summed E-state index contributed by atoms with van der Waals surface area (Å²) in [6, 6.07) is 5.35. The van der Waals surface area contributed by atoms with Crippen LogP contribution in [0.2, 0.25) is 0 Å². The fraction of sp³-hybridized carbons (Fsp3) is 0.250. The Kier molecular flexibility index (Phi) is 6.19. The number of halogens is 3. The van der Waals surface area contributed by atoms with Gasteiger partial charge in [-0.25, -0.2) is 14.8 Å².